The van der Waals surface area contributed by atoms with Crippen LogP contribution in [-0.2, 0) is 7.05 Å². The second-order valence-corrected chi connectivity index (χ2v) is 6.27. The predicted molar refractivity (Wildman–Crippen MR) is 92.3 cm³/mol. The van der Waals surface area contributed by atoms with Crippen LogP contribution in [0.1, 0.15) is 12.6 Å². The number of rotatable bonds is 1. The number of aromatic nitrogens is 2. The molecule has 0 radical (unpaired) electrons. The van der Waals surface area contributed by atoms with Crippen molar-refractivity contribution in [3.8, 4) is 0 Å². The minimum Gasteiger partial charge on any atom is -0.438 e. The van der Waals surface area contributed by atoms with Gasteiger partial charge < -0.3 is 9.23 Å². The van der Waals surface area contributed by atoms with E-state index >= 15 is 0 Å². The summed E-state index contributed by atoms with van der Waals surface area (Å²) in [4.78, 5) is 6.78. The van der Waals surface area contributed by atoms with Gasteiger partial charge in [0, 0.05) is 22.4 Å². The van der Waals surface area contributed by atoms with Crippen LogP contribution in [0.5, 0.6) is 0 Å². The molecule has 3 aromatic heterocycles. The molecule has 0 aromatic carbocycles. The number of hydrogen-bond donors (Lipinski definition) is 0. The summed E-state index contributed by atoms with van der Waals surface area (Å²) in [5.41, 5.74) is 5.09. The molecular weight excluding hydrogens is 285 g/mol. The lowest BCUT2D eigenvalue weighted by molar-refractivity contribution is -0.654. The average Bonchev–Trinajstić information content (AvgIpc) is 2.87. The van der Waals surface area contributed by atoms with Crippen LogP contribution in [0.4, 0.5) is 0 Å². The van der Waals surface area contributed by atoms with Gasteiger partial charge in [-0.3, -0.25) is 0 Å². The first kappa shape index (κ1) is 14.1. The number of aryl methyl sites for hydroxylation is 2. The summed E-state index contributed by atoms with van der Waals surface area (Å²) >= 11 is 0. The van der Waals surface area contributed by atoms with E-state index in [2.05, 4.69) is 66.0 Å². The van der Waals surface area contributed by atoms with Crippen molar-refractivity contribution in [2.75, 3.05) is 7.05 Å². The van der Waals surface area contributed by atoms with Gasteiger partial charge in [-0.2, -0.15) is 0 Å². The van der Waals surface area contributed by atoms with Gasteiger partial charge in [-0.1, -0.05) is 6.07 Å². The van der Waals surface area contributed by atoms with E-state index in [9.17, 15) is 0 Å². The van der Waals surface area contributed by atoms with Gasteiger partial charge >= 0.3 is 6.85 Å². The van der Waals surface area contributed by atoms with Crippen molar-refractivity contribution in [1.29, 1.82) is 0 Å². The highest BCUT2D eigenvalue weighted by molar-refractivity contribution is 6.85. The Balaban J connectivity index is 2.03. The van der Waals surface area contributed by atoms with Crippen molar-refractivity contribution in [2.24, 2.45) is 7.05 Å². The number of nitrogens with zero attached hydrogens (tertiary/aromatic N) is 3. The van der Waals surface area contributed by atoms with E-state index in [1.807, 2.05) is 19.1 Å². The molecule has 3 aromatic rings. The largest absolute Gasteiger partial charge is 0.438 e. The third kappa shape index (κ3) is 2.07. The number of hydrogen-bond acceptors (Lipinski definition) is 3. The fraction of sp³-hybridized carbons (Fsp3) is 0.222. The summed E-state index contributed by atoms with van der Waals surface area (Å²) < 4.78 is 8.27. The molecule has 0 fully saturated rings. The van der Waals surface area contributed by atoms with E-state index in [1.165, 1.54) is 11.1 Å². The first-order valence-electron chi connectivity index (χ1n) is 7.81. The molecule has 0 saturated carbocycles. The summed E-state index contributed by atoms with van der Waals surface area (Å²) in [5, 5.41) is 2.20. The Labute approximate surface area is 135 Å². The molecule has 0 N–H and O–H groups in total. The summed E-state index contributed by atoms with van der Waals surface area (Å²) in [7, 11) is 4.19. The van der Waals surface area contributed by atoms with Gasteiger partial charge in [-0.15, -0.1) is 0 Å². The first-order valence-corrected chi connectivity index (χ1v) is 7.81. The molecule has 4 nitrogen and oxygen atoms in total. The van der Waals surface area contributed by atoms with Gasteiger partial charge in [0.15, 0.2) is 11.8 Å². The zero-order chi connectivity index (χ0) is 16.1. The minimum absolute atomic E-state index is 0.162. The molecule has 4 heterocycles. The Morgan fingerprint density at radius 3 is 2.78 bits per heavy atom. The Morgan fingerprint density at radius 2 is 2.00 bits per heavy atom. The van der Waals surface area contributed by atoms with Crippen molar-refractivity contribution in [3.05, 3.63) is 52.9 Å². The van der Waals surface area contributed by atoms with Crippen molar-refractivity contribution < 1.29 is 8.98 Å². The van der Waals surface area contributed by atoms with Crippen LogP contribution < -0.4 is 20.8 Å². The lowest BCUT2D eigenvalue weighted by Gasteiger charge is -2.24. The van der Waals surface area contributed by atoms with Crippen molar-refractivity contribution >= 4 is 35.2 Å². The fourth-order valence-electron chi connectivity index (χ4n) is 3.47. The predicted octanol–water partition coefficient (Wildman–Crippen LogP) is 0.253. The zero-order valence-corrected chi connectivity index (χ0v) is 13.9. The Bertz CT molecular complexity index is 1040. The van der Waals surface area contributed by atoms with Gasteiger partial charge in [0.05, 0.1) is 0 Å². The lowest BCUT2D eigenvalue weighted by Crippen LogP contribution is -2.62. The smallest absolute Gasteiger partial charge is 0.402 e. The maximum Gasteiger partial charge on any atom is 0.402 e. The molecule has 5 heteroatoms. The van der Waals surface area contributed by atoms with Crippen molar-refractivity contribution in [2.45, 2.75) is 13.8 Å². The van der Waals surface area contributed by atoms with Gasteiger partial charge in [0.25, 0.3) is 0 Å². The van der Waals surface area contributed by atoms with Crippen LogP contribution in [0.15, 0.2) is 40.9 Å². The molecular formula is C18H19BN3O+. The summed E-state index contributed by atoms with van der Waals surface area (Å²) in [6.45, 7) is 4.30. The van der Waals surface area contributed by atoms with Crippen LogP contribution >= 0.6 is 0 Å². The molecule has 0 amide bonds. The standard InChI is InChI=1S/C18H19BN3O/c1-12-8-9-14-15-11-22(4)19(16-7-5-6-10-21(16)3)13(2)17(15)23-18(14)20-12/h5-11H,1-4H3/q+1. The monoisotopic (exact) mass is 304 g/mol. The van der Waals surface area contributed by atoms with Crippen LogP contribution in [0.2, 0.25) is 0 Å². The van der Waals surface area contributed by atoms with E-state index in [0.717, 1.165) is 27.4 Å². The summed E-state index contributed by atoms with van der Waals surface area (Å²) in [5.74, 6) is 0. The van der Waals surface area contributed by atoms with E-state index < -0.39 is 0 Å². The van der Waals surface area contributed by atoms with Crippen molar-refractivity contribution in [1.82, 2.24) is 9.79 Å². The highest BCUT2D eigenvalue weighted by Crippen LogP contribution is 2.12. The molecule has 1 aliphatic heterocycles. The third-order valence-corrected chi connectivity index (χ3v) is 4.62. The highest BCUT2D eigenvalue weighted by atomic mass is 16.3. The molecule has 0 saturated heterocycles. The average molecular weight is 304 g/mol. The summed E-state index contributed by atoms with van der Waals surface area (Å²) in [6, 6.07) is 10.4. The highest BCUT2D eigenvalue weighted by Gasteiger charge is 2.35. The van der Waals surface area contributed by atoms with E-state index in [-0.39, 0.29) is 6.85 Å². The van der Waals surface area contributed by atoms with E-state index in [0.29, 0.717) is 0 Å². The molecule has 0 unspecified atom stereocenters. The van der Waals surface area contributed by atoms with Crippen LogP contribution in [0.3, 0.4) is 0 Å². The maximum absolute atomic E-state index is 6.11. The molecule has 23 heavy (non-hydrogen) atoms. The quantitative estimate of drug-likeness (QED) is 0.477. The van der Waals surface area contributed by atoms with Gasteiger partial charge in [-0.05, 0) is 50.8 Å². The van der Waals surface area contributed by atoms with Crippen LogP contribution in [-0.4, -0.2) is 23.7 Å². The molecule has 4 rings (SSSR count). The Kier molecular flexibility index (Phi) is 3.05. The topological polar surface area (TPSA) is 33.2 Å². The SMILES string of the molecule is CC1=c2oc3nc(C)ccc3c2=CN(C)B1c1cccc[n+]1C. The minimum atomic E-state index is 0.162. The Hall–Kier alpha value is -2.56. The van der Waals surface area contributed by atoms with Crippen LogP contribution in [0.25, 0.3) is 22.8 Å². The van der Waals surface area contributed by atoms with Crippen LogP contribution in [0, 0.1) is 6.92 Å². The fourth-order valence-corrected chi connectivity index (χ4v) is 3.47. The lowest BCUT2D eigenvalue weighted by atomic mass is 9.50. The van der Waals surface area contributed by atoms with E-state index in [4.69, 9.17) is 4.42 Å². The molecule has 1 aliphatic rings. The van der Waals surface area contributed by atoms with Gasteiger partial charge in [0.1, 0.15) is 12.5 Å². The van der Waals surface area contributed by atoms with E-state index in [1.54, 1.807) is 0 Å². The van der Waals surface area contributed by atoms with Crippen molar-refractivity contribution in [3.63, 3.8) is 0 Å². The zero-order valence-electron chi connectivity index (χ0n) is 13.9. The number of fused-ring (bicyclic) bond motifs is 3. The number of pyridine rings is 2. The second-order valence-electron chi connectivity index (χ2n) is 6.27. The Morgan fingerprint density at radius 1 is 1.17 bits per heavy atom. The maximum atomic E-state index is 6.11. The third-order valence-electron chi connectivity index (χ3n) is 4.62. The van der Waals surface area contributed by atoms with Gasteiger partial charge in [0.2, 0.25) is 5.71 Å². The number of furan rings is 1. The summed E-state index contributed by atoms with van der Waals surface area (Å²) in [6.07, 6.45) is 4.25. The second kappa shape index (κ2) is 4.98. The normalized spacial score (nSPS) is 14.2. The molecule has 114 valence electrons. The molecule has 0 spiro atoms. The van der Waals surface area contributed by atoms with Gasteiger partial charge in [-0.25, -0.2) is 9.55 Å². The molecule has 0 aliphatic carbocycles. The first-order chi connectivity index (χ1) is 11.1. The molecule has 0 bridgehead atoms. The molecule has 0 atom stereocenters.